The molecule has 0 aromatic rings. The molecule has 4 aliphatic carbocycles. The van der Waals surface area contributed by atoms with Crippen molar-refractivity contribution in [3.8, 4) is 0 Å². The van der Waals surface area contributed by atoms with E-state index in [2.05, 4.69) is 6.58 Å². The fourth-order valence-electron chi connectivity index (χ4n) is 9.03. The lowest BCUT2D eigenvalue weighted by Crippen LogP contribution is -2.70. The van der Waals surface area contributed by atoms with E-state index >= 15 is 0 Å². The Labute approximate surface area is 217 Å². The second-order valence-electron chi connectivity index (χ2n) is 12.3. The number of rotatable bonds is 4. The first kappa shape index (κ1) is 27.3. The predicted molar refractivity (Wildman–Crippen MR) is 130 cm³/mol. The Bertz CT molecular complexity index is 1060. The molecule has 37 heavy (non-hydrogen) atoms. The average molecular weight is 519 g/mol. The van der Waals surface area contributed by atoms with Gasteiger partial charge in [0.1, 0.15) is 30.2 Å². The van der Waals surface area contributed by atoms with Gasteiger partial charge in [-0.3, -0.25) is 24.0 Å². The van der Waals surface area contributed by atoms with E-state index in [1.54, 1.807) is 0 Å². The lowest BCUT2D eigenvalue weighted by Gasteiger charge is -2.66. The summed E-state index contributed by atoms with van der Waals surface area (Å²) in [6.07, 6.45) is -1.45. The standard InChI is InChI=1S/C28H38O9/c1-13-18-9-20(34-14(2)29)23-27(8)12-21(35-15(3)30)25(37-17(5)32)26(6,7)22(27)19(33)11-28(23,10-18)24(13)36-16(4)31/h18,20-25H,1,9-12H2,2-8H3/t18-,20+,21+,22-,23+,24?,25+,27?,28+/m1/s1. The molecule has 9 nitrogen and oxygen atoms in total. The second-order valence-corrected chi connectivity index (χ2v) is 12.3. The van der Waals surface area contributed by atoms with Crippen LogP contribution in [-0.4, -0.2) is 54.1 Å². The van der Waals surface area contributed by atoms with Crippen molar-refractivity contribution in [2.24, 2.45) is 34.0 Å². The second kappa shape index (κ2) is 8.95. The molecule has 0 aromatic carbocycles. The van der Waals surface area contributed by atoms with Crippen molar-refractivity contribution in [1.29, 1.82) is 0 Å². The molecule has 0 aromatic heterocycles. The minimum absolute atomic E-state index is 0.0312. The monoisotopic (exact) mass is 518 g/mol. The lowest BCUT2D eigenvalue weighted by atomic mass is 9.39. The van der Waals surface area contributed by atoms with Gasteiger partial charge in [-0.05, 0) is 36.2 Å². The van der Waals surface area contributed by atoms with Gasteiger partial charge in [0.2, 0.25) is 0 Å². The number of ether oxygens (including phenoxy) is 4. The molecule has 9 heteroatoms. The van der Waals surface area contributed by atoms with Crippen molar-refractivity contribution in [2.45, 2.75) is 98.6 Å². The van der Waals surface area contributed by atoms with Crippen LogP contribution in [0.1, 0.15) is 74.1 Å². The van der Waals surface area contributed by atoms with Gasteiger partial charge in [-0.2, -0.15) is 0 Å². The van der Waals surface area contributed by atoms with E-state index in [9.17, 15) is 24.0 Å². The van der Waals surface area contributed by atoms with E-state index in [-0.39, 0.29) is 30.5 Å². The fraction of sp³-hybridized carbons (Fsp3) is 0.750. The minimum Gasteiger partial charge on any atom is -0.462 e. The molecule has 4 rings (SSSR count). The maximum absolute atomic E-state index is 14.2. The summed E-state index contributed by atoms with van der Waals surface area (Å²) in [5.74, 6) is -3.02. The molecule has 0 heterocycles. The largest absolute Gasteiger partial charge is 0.462 e. The molecule has 2 bridgehead atoms. The topological polar surface area (TPSA) is 122 Å². The third-order valence-corrected chi connectivity index (χ3v) is 9.38. The zero-order valence-electron chi connectivity index (χ0n) is 22.8. The van der Waals surface area contributed by atoms with Crippen LogP contribution in [-0.2, 0) is 42.9 Å². The van der Waals surface area contributed by atoms with E-state index in [1.165, 1.54) is 27.7 Å². The summed E-state index contributed by atoms with van der Waals surface area (Å²) in [7, 11) is 0. The molecule has 0 aliphatic heterocycles. The van der Waals surface area contributed by atoms with E-state index in [1.807, 2.05) is 20.8 Å². The molecule has 4 fully saturated rings. The molecule has 1 spiro atoms. The van der Waals surface area contributed by atoms with Crippen LogP contribution in [0.4, 0.5) is 0 Å². The number of fused-ring (bicyclic) bond motifs is 3. The molecule has 2 unspecified atom stereocenters. The molecular formula is C28H38O9. The van der Waals surface area contributed by atoms with Gasteiger partial charge in [0.15, 0.2) is 0 Å². The first-order valence-corrected chi connectivity index (χ1v) is 12.9. The Balaban J connectivity index is 1.91. The summed E-state index contributed by atoms with van der Waals surface area (Å²) >= 11 is 0. The van der Waals surface area contributed by atoms with Gasteiger partial charge in [-0.15, -0.1) is 0 Å². The maximum atomic E-state index is 14.2. The summed E-state index contributed by atoms with van der Waals surface area (Å²) in [6, 6.07) is 0. The Morgan fingerprint density at radius 1 is 0.811 bits per heavy atom. The van der Waals surface area contributed by atoms with Gasteiger partial charge in [0.25, 0.3) is 0 Å². The zero-order chi connectivity index (χ0) is 27.7. The predicted octanol–water partition coefficient (Wildman–Crippen LogP) is 3.32. The van der Waals surface area contributed by atoms with E-state index in [4.69, 9.17) is 18.9 Å². The van der Waals surface area contributed by atoms with Crippen LogP contribution >= 0.6 is 0 Å². The van der Waals surface area contributed by atoms with Gasteiger partial charge in [-0.25, -0.2) is 0 Å². The number of esters is 4. The van der Waals surface area contributed by atoms with Crippen LogP contribution in [0.2, 0.25) is 0 Å². The minimum atomic E-state index is -0.901. The number of hydrogen-bond acceptors (Lipinski definition) is 9. The number of hydrogen-bond donors (Lipinski definition) is 0. The van der Waals surface area contributed by atoms with Crippen molar-refractivity contribution >= 4 is 29.7 Å². The summed E-state index contributed by atoms with van der Waals surface area (Å²) in [5, 5.41) is 0. The van der Waals surface area contributed by atoms with E-state index in [0.717, 1.165) is 5.57 Å². The van der Waals surface area contributed by atoms with Gasteiger partial charge in [-0.1, -0.05) is 27.4 Å². The molecule has 4 saturated carbocycles. The Morgan fingerprint density at radius 2 is 1.35 bits per heavy atom. The highest BCUT2D eigenvalue weighted by atomic mass is 16.6. The number of carbonyl (C=O) groups is 5. The highest BCUT2D eigenvalue weighted by Gasteiger charge is 2.75. The van der Waals surface area contributed by atoms with Crippen LogP contribution in [0.25, 0.3) is 0 Å². The summed E-state index contributed by atoms with van der Waals surface area (Å²) in [4.78, 5) is 62.9. The van der Waals surface area contributed by atoms with E-state index < -0.39 is 70.5 Å². The normalized spacial score (nSPS) is 41.6. The van der Waals surface area contributed by atoms with Gasteiger partial charge in [0.05, 0.1) is 0 Å². The van der Waals surface area contributed by atoms with Crippen molar-refractivity contribution in [2.75, 3.05) is 0 Å². The number of Topliss-reactive ketones (excluding diaryl/α,β-unsaturated/α-hetero) is 1. The average Bonchev–Trinajstić information content (AvgIpc) is 2.89. The fourth-order valence-corrected chi connectivity index (χ4v) is 9.03. The molecule has 0 N–H and O–H groups in total. The molecular weight excluding hydrogens is 480 g/mol. The lowest BCUT2D eigenvalue weighted by molar-refractivity contribution is -0.249. The number of ketones is 1. The summed E-state index contributed by atoms with van der Waals surface area (Å²) in [5.41, 5.74) is -1.79. The Morgan fingerprint density at radius 3 is 1.89 bits per heavy atom. The molecule has 4 aliphatic rings. The summed E-state index contributed by atoms with van der Waals surface area (Å²) < 4.78 is 23.2. The SMILES string of the molecule is C=C1C(OC(C)=O)[C@@]23CC(=O)[C@@H]4C(C)(C)[C@@H](OC(C)=O)[C@@H](OC(C)=O)CC4(C)[C@@H]2[C@@H](OC(C)=O)C[C@@H]1C3. The van der Waals surface area contributed by atoms with Crippen LogP contribution in [0.15, 0.2) is 12.2 Å². The van der Waals surface area contributed by atoms with Crippen LogP contribution in [0.3, 0.4) is 0 Å². The van der Waals surface area contributed by atoms with Crippen molar-refractivity contribution in [1.82, 2.24) is 0 Å². The smallest absolute Gasteiger partial charge is 0.303 e. The van der Waals surface area contributed by atoms with Gasteiger partial charge < -0.3 is 18.9 Å². The zero-order valence-corrected chi connectivity index (χ0v) is 22.8. The van der Waals surface area contributed by atoms with Gasteiger partial charge >= 0.3 is 23.9 Å². The van der Waals surface area contributed by atoms with Crippen LogP contribution in [0.5, 0.6) is 0 Å². The van der Waals surface area contributed by atoms with Crippen molar-refractivity contribution in [3.05, 3.63) is 12.2 Å². The molecule has 0 amide bonds. The quantitative estimate of drug-likeness (QED) is 0.313. The van der Waals surface area contributed by atoms with E-state index in [0.29, 0.717) is 12.8 Å². The first-order valence-electron chi connectivity index (χ1n) is 12.9. The molecule has 9 atom stereocenters. The Hall–Kier alpha value is -2.71. The van der Waals surface area contributed by atoms with Crippen molar-refractivity contribution in [3.63, 3.8) is 0 Å². The third-order valence-electron chi connectivity index (χ3n) is 9.38. The van der Waals surface area contributed by atoms with Gasteiger partial charge in [0, 0.05) is 56.8 Å². The maximum Gasteiger partial charge on any atom is 0.303 e. The molecule has 0 radical (unpaired) electrons. The first-order chi connectivity index (χ1) is 17.0. The highest BCUT2D eigenvalue weighted by molar-refractivity contribution is 5.86. The Kier molecular flexibility index (Phi) is 6.61. The third kappa shape index (κ3) is 4.18. The molecule has 204 valence electrons. The molecule has 0 saturated heterocycles. The number of carbonyl (C=O) groups excluding carboxylic acids is 5. The summed E-state index contributed by atoms with van der Waals surface area (Å²) in [6.45, 7) is 15.2. The van der Waals surface area contributed by atoms with Crippen molar-refractivity contribution < 1.29 is 42.9 Å². The van der Waals surface area contributed by atoms with Crippen LogP contribution in [0, 0.1) is 34.0 Å². The highest BCUT2D eigenvalue weighted by Crippen LogP contribution is 2.72. The van der Waals surface area contributed by atoms with Crippen LogP contribution < -0.4 is 0 Å².